The van der Waals surface area contributed by atoms with Crippen LogP contribution in [-0.4, -0.2) is 44.4 Å². The van der Waals surface area contributed by atoms with Crippen molar-refractivity contribution in [2.24, 2.45) is 5.92 Å². The van der Waals surface area contributed by atoms with Crippen molar-refractivity contribution in [2.45, 2.75) is 59.5 Å². The van der Waals surface area contributed by atoms with Crippen LogP contribution in [0.2, 0.25) is 5.02 Å². The number of benzene rings is 1. The molecule has 3 heterocycles. The standard InChI is InChI=1S/C25H31ClFN5O2/c1-13(2)34-22-17(15(4)24-30-16(5)21-23(28)29-8-10-32(21)24)11-18(26)20(27)19(22)25(33)31-9-6-7-14(3)12-31/h8,10-11,13-15H,6-7,9,12H2,1-5H3,(H2,28,29). The number of likely N-dealkylation sites (tertiary alicyclic amines) is 1. The molecule has 1 aliphatic heterocycles. The number of amides is 1. The fourth-order valence-electron chi connectivity index (χ4n) is 4.75. The predicted molar refractivity (Wildman–Crippen MR) is 131 cm³/mol. The van der Waals surface area contributed by atoms with Gasteiger partial charge in [-0.05, 0) is 45.6 Å². The van der Waals surface area contributed by atoms with Crippen LogP contribution in [0.5, 0.6) is 5.75 Å². The van der Waals surface area contributed by atoms with Gasteiger partial charge < -0.3 is 15.4 Å². The number of aromatic nitrogens is 3. The largest absolute Gasteiger partial charge is 0.490 e. The molecule has 4 rings (SSSR count). The minimum Gasteiger partial charge on any atom is -0.490 e. The van der Waals surface area contributed by atoms with E-state index in [2.05, 4.69) is 11.9 Å². The number of imidazole rings is 1. The van der Waals surface area contributed by atoms with Crippen molar-refractivity contribution in [2.75, 3.05) is 18.8 Å². The fraction of sp³-hybridized carbons (Fsp3) is 0.480. The molecule has 0 aliphatic carbocycles. The lowest BCUT2D eigenvalue weighted by molar-refractivity contribution is 0.0671. The number of halogens is 2. The monoisotopic (exact) mass is 487 g/mol. The highest BCUT2D eigenvalue weighted by Gasteiger charge is 2.33. The Morgan fingerprint density at radius 2 is 2.09 bits per heavy atom. The summed E-state index contributed by atoms with van der Waals surface area (Å²) in [7, 11) is 0. The van der Waals surface area contributed by atoms with Gasteiger partial charge >= 0.3 is 0 Å². The van der Waals surface area contributed by atoms with Gasteiger partial charge in [-0.2, -0.15) is 0 Å². The Bertz CT molecular complexity index is 1240. The number of ether oxygens (including phenoxy) is 1. The van der Waals surface area contributed by atoms with Crippen LogP contribution < -0.4 is 10.5 Å². The zero-order valence-corrected chi connectivity index (χ0v) is 21.0. The van der Waals surface area contributed by atoms with E-state index in [1.54, 1.807) is 17.3 Å². The normalized spacial score (nSPS) is 17.4. The molecule has 2 unspecified atom stereocenters. The molecule has 0 radical (unpaired) electrons. The van der Waals surface area contributed by atoms with Crippen molar-refractivity contribution in [3.63, 3.8) is 0 Å². The molecular weight excluding hydrogens is 457 g/mol. The Labute approximate surface area is 204 Å². The minimum absolute atomic E-state index is 0.115. The molecule has 1 amide bonds. The van der Waals surface area contributed by atoms with Gasteiger partial charge in [0, 0.05) is 37.0 Å². The molecule has 9 heteroatoms. The minimum atomic E-state index is -0.755. The average molecular weight is 488 g/mol. The van der Waals surface area contributed by atoms with Gasteiger partial charge in [0.2, 0.25) is 0 Å². The Hall–Kier alpha value is -2.87. The predicted octanol–water partition coefficient (Wildman–Crippen LogP) is 5.22. The third-order valence-corrected chi connectivity index (χ3v) is 6.63. The number of anilines is 1. The maximum Gasteiger partial charge on any atom is 0.260 e. The van der Waals surface area contributed by atoms with Gasteiger partial charge in [-0.25, -0.2) is 14.4 Å². The van der Waals surface area contributed by atoms with E-state index < -0.39 is 11.7 Å². The van der Waals surface area contributed by atoms with Gasteiger partial charge in [0.25, 0.3) is 5.91 Å². The Morgan fingerprint density at radius 3 is 2.76 bits per heavy atom. The van der Waals surface area contributed by atoms with Crippen LogP contribution in [0.4, 0.5) is 10.2 Å². The van der Waals surface area contributed by atoms with Crippen LogP contribution in [0.1, 0.15) is 73.9 Å². The number of hydrogen-bond donors (Lipinski definition) is 1. The van der Waals surface area contributed by atoms with Crippen LogP contribution in [0.25, 0.3) is 5.52 Å². The van der Waals surface area contributed by atoms with Crippen molar-refractivity contribution in [1.29, 1.82) is 0 Å². The van der Waals surface area contributed by atoms with Crippen molar-refractivity contribution < 1.29 is 13.9 Å². The molecule has 0 bridgehead atoms. The molecule has 0 saturated carbocycles. The SMILES string of the molecule is Cc1nc(C(C)c2cc(Cl)c(F)c(C(=O)N3CCCC(C)C3)c2OC(C)C)n2ccnc(N)c12. The van der Waals surface area contributed by atoms with E-state index in [-0.39, 0.29) is 28.4 Å². The second-order valence-corrected chi connectivity index (χ2v) is 9.85. The van der Waals surface area contributed by atoms with Gasteiger partial charge in [-0.1, -0.05) is 25.4 Å². The van der Waals surface area contributed by atoms with E-state index in [1.165, 1.54) is 6.07 Å². The number of fused-ring (bicyclic) bond motifs is 1. The number of rotatable bonds is 5. The summed E-state index contributed by atoms with van der Waals surface area (Å²) in [5.74, 6) is 0.0823. The maximum absolute atomic E-state index is 15.5. The van der Waals surface area contributed by atoms with Crippen molar-refractivity contribution in [1.82, 2.24) is 19.3 Å². The molecule has 2 N–H and O–H groups in total. The topological polar surface area (TPSA) is 85.8 Å². The van der Waals surface area contributed by atoms with Gasteiger partial charge in [0.05, 0.1) is 16.8 Å². The Morgan fingerprint density at radius 1 is 1.35 bits per heavy atom. The number of piperidine rings is 1. The Kier molecular flexibility index (Phi) is 6.71. The molecule has 1 saturated heterocycles. The summed E-state index contributed by atoms with van der Waals surface area (Å²) in [5.41, 5.74) is 8.01. The zero-order valence-electron chi connectivity index (χ0n) is 20.2. The third kappa shape index (κ3) is 4.31. The van der Waals surface area contributed by atoms with Crippen LogP contribution >= 0.6 is 11.6 Å². The first-order valence-corrected chi connectivity index (χ1v) is 12.0. The number of nitrogens with zero attached hydrogens (tertiary/aromatic N) is 4. The second kappa shape index (κ2) is 9.41. The van der Waals surface area contributed by atoms with E-state index in [9.17, 15) is 4.79 Å². The number of nitrogen functional groups attached to an aromatic ring is 1. The number of aryl methyl sites for hydroxylation is 1. The van der Waals surface area contributed by atoms with E-state index >= 15 is 4.39 Å². The summed E-state index contributed by atoms with van der Waals surface area (Å²) in [6, 6.07) is 1.54. The van der Waals surface area contributed by atoms with E-state index in [4.69, 9.17) is 27.1 Å². The average Bonchev–Trinajstić information content (AvgIpc) is 3.13. The second-order valence-electron chi connectivity index (χ2n) is 9.44. The van der Waals surface area contributed by atoms with Crippen LogP contribution in [0.15, 0.2) is 18.5 Å². The van der Waals surface area contributed by atoms with Gasteiger partial charge in [0.15, 0.2) is 5.82 Å². The number of carbonyl (C=O) groups is 1. The van der Waals surface area contributed by atoms with Crippen LogP contribution in [0, 0.1) is 18.7 Å². The molecule has 0 spiro atoms. The van der Waals surface area contributed by atoms with Crippen molar-refractivity contribution in [3.05, 3.63) is 51.9 Å². The molecule has 3 aromatic rings. The first-order valence-electron chi connectivity index (χ1n) is 11.7. The smallest absolute Gasteiger partial charge is 0.260 e. The quantitative estimate of drug-likeness (QED) is 0.533. The summed E-state index contributed by atoms with van der Waals surface area (Å²) in [6.07, 6.45) is 5.04. The summed E-state index contributed by atoms with van der Waals surface area (Å²) < 4.78 is 23.4. The highest BCUT2D eigenvalue weighted by molar-refractivity contribution is 6.31. The van der Waals surface area contributed by atoms with E-state index in [1.807, 2.05) is 32.1 Å². The highest BCUT2D eigenvalue weighted by Crippen LogP contribution is 2.40. The lowest BCUT2D eigenvalue weighted by atomic mass is 9.94. The maximum atomic E-state index is 15.5. The molecule has 182 valence electrons. The summed E-state index contributed by atoms with van der Waals surface area (Å²) in [5, 5.41) is -0.120. The molecule has 1 aliphatic rings. The first-order chi connectivity index (χ1) is 16.1. The molecule has 2 atom stereocenters. The summed E-state index contributed by atoms with van der Waals surface area (Å²) in [6.45, 7) is 10.7. The number of hydrogen-bond acceptors (Lipinski definition) is 5. The number of nitrogens with two attached hydrogens (primary N) is 1. The Balaban J connectivity index is 1.89. The summed E-state index contributed by atoms with van der Waals surface area (Å²) >= 11 is 6.36. The molecule has 2 aromatic heterocycles. The molecule has 7 nitrogen and oxygen atoms in total. The molecular formula is C25H31ClFN5O2. The van der Waals surface area contributed by atoms with Gasteiger partial charge in [0.1, 0.15) is 28.5 Å². The van der Waals surface area contributed by atoms with Crippen molar-refractivity contribution >= 4 is 28.8 Å². The van der Waals surface area contributed by atoms with Gasteiger partial charge in [-0.3, -0.25) is 9.20 Å². The van der Waals surface area contributed by atoms with Crippen LogP contribution in [-0.2, 0) is 0 Å². The lowest BCUT2D eigenvalue weighted by Gasteiger charge is -2.32. The number of carbonyl (C=O) groups excluding carboxylic acids is 1. The zero-order chi connectivity index (χ0) is 24.7. The van der Waals surface area contributed by atoms with Gasteiger partial charge in [-0.15, -0.1) is 0 Å². The first kappa shape index (κ1) is 24.3. The molecule has 1 fully saturated rings. The van der Waals surface area contributed by atoms with Crippen LogP contribution in [0.3, 0.4) is 0 Å². The molecule has 34 heavy (non-hydrogen) atoms. The molecule has 1 aromatic carbocycles. The lowest BCUT2D eigenvalue weighted by Crippen LogP contribution is -2.40. The van der Waals surface area contributed by atoms with Crippen molar-refractivity contribution in [3.8, 4) is 5.75 Å². The van der Waals surface area contributed by atoms with E-state index in [0.29, 0.717) is 41.7 Å². The van der Waals surface area contributed by atoms with E-state index in [0.717, 1.165) is 18.5 Å². The summed E-state index contributed by atoms with van der Waals surface area (Å²) in [4.78, 5) is 24.2. The fourth-order valence-corrected chi connectivity index (χ4v) is 4.96. The highest BCUT2D eigenvalue weighted by atomic mass is 35.5. The third-order valence-electron chi connectivity index (χ3n) is 6.35.